The first kappa shape index (κ1) is 9.81. The predicted octanol–water partition coefficient (Wildman–Crippen LogP) is 0.250. The number of likely N-dealkylation sites (tertiary alicyclic amines) is 1. The monoisotopic (exact) mass is 190 g/mol. The van der Waals surface area contributed by atoms with Crippen molar-refractivity contribution in [3.63, 3.8) is 0 Å². The van der Waals surface area contributed by atoms with E-state index in [0.717, 1.165) is 32.5 Å². The van der Waals surface area contributed by atoms with E-state index < -0.39 is 0 Å². The molecule has 2 aliphatic heterocycles. The molecule has 2 heterocycles. The summed E-state index contributed by atoms with van der Waals surface area (Å²) in [5, 5.41) is 3.26. The number of carbonyl (C=O) groups is 1. The zero-order valence-electron chi connectivity index (χ0n) is 7.30. The molecule has 0 aromatic heterocycles. The molecule has 0 aromatic carbocycles. The Morgan fingerprint density at radius 2 is 2.25 bits per heavy atom. The first-order valence-electron chi connectivity index (χ1n) is 4.21. The number of rotatable bonds is 0. The quantitative estimate of drug-likeness (QED) is 0.594. The van der Waals surface area contributed by atoms with Crippen LogP contribution in [-0.4, -0.2) is 37.5 Å². The van der Waals surface area contributed by atoms with Gasteiger partial charge >= 0.3 is 0 Å². The summed E-state index contributed by atoms with van der Waals surface area (Å²) in [6, 6.07) is 0. The van der Waals surface area contributed by atoms with Crippen molar-refractivity contribution in [2.24, 2.45) is 5.41 Å². The maximum Gasteiger partial charge on any atom is 0.229 e. The summed E-state index contributed by atoms with van der Waals surface area (Å²) in [4.78, 5) is 13.5. The van der Waals surface area contributed by atoms with E-state index in [0.29, 0.717) is 5.91 Å². The molecule has 0 aliphatic carbocycles. The smallest absolute Gasteiger partial charge is 0.229 e. The molecule has 1 spiro atoms. The minimum atomic E-state index is -0.00521. The van der Waals surface area contributed by atoms with Gasteiger partial charge in [-0.1, -0.05) is 0 Å². The van der Waals surface area contributed by atoms with Gasteiger partial charge in [0.1, 0.15) is 0 Å². The van der Waals surface area contributed by atoms with E-state index in [1.54, 1.807) is 0 Å². The van der Waals surface area contributed by atoms with Crippen LogP contribution in [0.3, 0.4) is 0 Å². The maximum atomic E-state index is 11.6. The Morgan fingerprint density at radius 3 is 2.67 bits per heavy atom. The molecule has 12 heavy (non-hydrogen) atoms. The molecule has 0 saturated carbocycles. The number of nitrogens with one attached hydrogen (secondary N) is 1. The van der Waals surface area contributed by atoms with Crippen LogP contribution in [0.25, 0.3) is 0 Å². The van der Waals surface area contributed by atoms with Gasteiger partial charge in [0.2, 0.25) is 5.91 Å². The van der Waals surface area contributed by atoms with Crippen LogP contribution >= 0.6 is 12.4 Å². The third-order valence-corrected chi connectivity index (χ3v) is 2.97. The zero-order chi connectivity index (χ0) is 7.90. The predicted molar refractivity (Wildman–Crippen MR) is 49.4 cm³/mol. The van der Waals surface area contributed by atoms with Crippen LogP contribution in [0.5, 0.6) is 0 Å². The van der Waals surface area contributed by atoms with Gasteiger partial charge < -0.3 is 10.2 Å². The molecule has 2 rings (SSSR count). The second kappa shape index (κ2) is 3.23. The van der Waals surface area contributed by atoms with E-state index in [9.17, 15) is 4.79 Å². The van der Waals surface area contributed by atoms with Crippen molar-refractivity contribution in [2.75, 3.05) is 26.7 Å². The number of nitrogens with zero attached hydrogens (tertiary/aromatic N) is 1. The number of hydrogen-bond donors (Lipinski definition) is 1. The van der Waals surface area contributed by atoms with E-state index in [4.69, 9.17) is 0 Å². The summed E-state index contributed by atoms with van der Waals surface area (Å²) in [6.45, 7) is 2.86. The SMILES string of the molecule is CN1CCC2(CCNC2)C1=O.Cl. The summed E-state index contributed by atoms with van der Waals surface area (Å²) < 4.78 is 0. The van der Waals surface area contributed by atoms with Gasteiger partial charge in [-0.05, 0) is 19.4 Å². The van der Waals surface area contributed by atoms with Crippen molar-refractivity contribution in [1.29, 1.82) is 0 Å². The molecule has 2 aliphatic rings. The Labute approximate surface area is 78.9 Å². The summed E-state index contributed by atoms with van der Waals surface area (Å²) in [5.74, 6) is 0.350. The van der Waals surface area contributed by atoms with Crippen LogP contribution < -0.4 is 5.32 Å². The van der Waals surface area contributed by atoms with Gasteiger partial charge in [-0.2, -0.15) is 0 Å². The molecule has 1 atom stereocenters. The molecule has 2 fully saturated rings. The number of hydrogen-bond acceptors (Lipinski definition) is 2. The number of carbonyl (C=O) groups excluding carboxylic acids is 1. The second-order valence-electron chi connectivity index (χ2n) is 3.68. The van der Waals surface area contributed by atoms with E-state index in [-0.39, 0.29) is 17.8 Å². The minimum absolute atomic E-state index is 0. The highest BCUT2D eigenvalue weighted by atomic mass is 35.5. The molecule has 1 N–H and O–H groups in total. The van der Waals surface area contributed by atoms with Gasteiger partial charge in [-0.3, -0.25) is 4.79 Å². The van der Waals surface area contributed by atoms with Gasteiger partial charge in [-0.25, -0.2) is 0 Å². The van der Waals surface area contributed by atoms with E-state index >= 15 is 0 Å². The lowest BCUT2D eigenvalue weighted by Gasteiger charge is -2.18. The van der Waals surface area contributed by atoms with Crippen molar-refractivity contribution in [3.05, 3.63) is 0 Å². The molecule has 4 heteroatoms. The third kappa shape index (κ3) is 1.21. The Balaban J connectivity index is 0.000000720. The Bertz CT molecular complexity index is 189. The highest BCUT2D eigenvalue weighted by molar-refractivity contribution is 5.85. The zero-order valence-corrected chi connectivity index (χ0v) is 8.12. The average Bonchev–Trinajstić information content (AvgIpc) is 2.56. The van der Waals surface area contributed by atoms with E-state index in [1.165, 1.54) is 0 Å². The standard InChI is InChI=1S/C8H14N2O.ClH/c1-10-5-3-8(7(10)11)2-4-9-6-8;/h9H,2-6H2,1H3;1H. The van der Waals surface area contributed by atoms with Gasteiger partial charge in [0.25, 0.3) is 0 Å². The van der Waals surface area contributed by atoms with Crippen molar-refractivity contribution >= 4 is 18.3 Å². The number of halogens is 1. The Hall–Kier alpha value is -0.280. The van der Waals surface area contributed by atoms with Crippen molar-refractivity contribution in [1.82, 2.24) is 10.2 Å². The minimum Gasteiger partial charge on any atom is -0.345 e. The van der Waals surface area contributed by atoms with Crippen LogP contribution in [0.4, 0.5) is 0 Å². The van der Waals surface area contributed by atoms with Crippen molar-refractivity contribution in [3.8, 4) is 0 Å². The Kier molecular flexibility index (Phi) is 2.64. The van der Waals surface area contributed by atoms with Crippen LogP contribution in [0.15, 0.2) is 0 Å². The van der Waals surface area contributed by atoms with Gasteiger partial charge in [0, 0.05) is 20.1 Å². The summed E-state index contributed by atoms with van der Waals surface area (Å²) in [5.41, 5.74) is -0.00521. The highest BCUT2D eigenvalue weighted by Gasteiger charge is 2.46. The van der Waals surface area contributed by atoms with Crippen molar-refractivity contribution < 1.29 is 4.79 Å². The molecule has 70 valence electrons. The molecule has 0 aromatic rings. The lowest BCUT2D eigenvalue weighted by molar-refractivity contribution is -0.134. The van der Waals surface area contributed by atoms with Crippen LogP contribution in [0.2, 0.25) is 0 Å². The highest BCUT2D eigenvalue weighted by Crippen LogP contribution is 2.36. The fourth-order valence-electron chi connectivity index (χ4n) is 2.13. The first-order valence-corrected chi connectivity index (χ1v) is 4.21. The van der Waals surface area contributed by atoms with Gasteiger partial charge in [-0.15, -0.1) is 12.4 Å². The lowest BCUT2D eigenvalue weighted by Crippen LogP contribution is -2.34. The van der Waals surface area contributed by atoms with Crippen molar-refractivity contribution in [2.45, 2.75) is 12.8 Å². The van der Waals surface area contributed by atoms with Crippen LogP contribution in [0.1, 0.15) is 12.8 Å². The summed E-state index contributed by atoms with van der Waals surface area (Å²) in [6.07, 6.45) is 2.09. The maximum absolute atomic E-state index is 11.6. The summed E-state index contributed by atoms with van der Waals surface area (Å²) in [7, 11) is 1.90. The third-order valence-electron chi connectivity index (χ3n) is 2.97. The lowest BCUT2D eigenvalue weighted by atomic mass is 9.86. The molecule has 2 saturated heterocycles. The largest absolute Gasteiger partial charge is 0.345 e. The topological polar surface area (TPSA) is 32.3 Å². The normalized spacial score (nSPS) is 34.4. The fourth-order valence-corrected chi connectivity index (χ4v) is 2.13. The van der Waals surface area contributed by atoms with Gasteiger partial charge in [0.15, 0.2) is 0 Å². The molecule has 0 bridgehead atoms. The molecule has 1 amide bonds. The van der Waals surface area contributed by atoms with Crippen LogP contribution in [0, 0.1) is 5.41 Å². The molecule has 1 unspecified atom stereocenters. The molecule has 3 nitrogen and oxygen atoms in total. The molecule has 0 radical (unpaired) electrons. The average molecular weight is 191 g/mol. The second-order valence-corrected chi connectivity index (χ2v) is 3.68. The van der Waals surface area contributed by atoms with Crippen LogP contribution in [-0.2, 0) is 4.79 Å². The van der Waals surface area contributed by atoms with E-state index in [2.05, 4.69) is 5.32 Å². The molecular formula is C8H15ClN2O. The first-order chi connectivity index (χ1) is 5.25. The van der Waals surface area contributed by atoms with E-state index in [1.807, 2.05) is 11.9 Å². The summed E-state index contributed by atoms with van der Waals surface area (Å²) >= 11 is 0. The fraction of sp³-hybridized carbons (Fsp3) is 0.875. The number of amides is 1. The van der Waals surface area contributed by atoms with Gasteiger partial charge in [0.05, 0.1) is 5.41 Å². The Morgan fingerprint density at radius 1 is 1.50 bits per heavy atom. The molecular weight excluding hydrogens is 176 g/mol.